The van der Waals surface area contributed by atoms with Crippen LogP contribution in [0.25, 0.3) is 0 Å². The van der Waals surface area contributed by atoms with Crippen LogP contribution in [0.3, 0.4) is 0 Å². The van der Waals surface area contributed by atoms with E-state index in [4.69, 9.17) is 0 Å². The summed E-state index contributed by atoms with van der Waals surface area (Å²) < 4.78 is 0. The molecule has 2 fully saturated rings. The van der Waals surface area contributed by atoms with Gasteiger partial charge < -0.3 is 5.32 Å². The predicted molar refractivity (Wildman–Crippen MR) is 43.1 cm³/mol. The van der Waals surface area contributed by atoms with Gasteiger partial charge in [0.2, 0.25) is 5.91 Å². The number of hydrogen-bond acceptors (Lipinski definition) is 1. The summed E-state index contributed by atoms with van der Waals surface area (Å²) in [6.45, 7) is 0. The second-order valence-corrected chi connectivity index (χ2v) is 3.71. The third kappa shape index (κ3) is 1.26. The van der Waals surface area contributed by atoms with E-state index < -0.39 is 0 Å². The molecule has 2 atom stereocenters. The van der Waals surface area contributed by atoms with Crippen molar-refractivity contribution in [2.45, 2.75) is 44.6 Å². The molecule has 1 heterocycles. The molecule has 0 spiro atoms. The van der Waals surface area contributed by atoms with Gasteiger partial charge in [0.1, 0.15) is 0 Å². The highest BCUT2D eigenvalue weighted by atomic mass is 16.2. The molecular weight excluding hydrogens is 138 g/mol. The molecule has 1 aliphatic carbocycles. The maximum absolute atomic E-state index is 11.0. The van der Waals surface area contributed by atoms with Crippen LogP contribution in [0.15, 0.2) is 0 Å². The number of nitrogens with one attached hydrogen (secondary N) is 1. The van der Waals surface area contributed by atoms with Gasteiger partial charge in [0.15, 0.2) is 0 Å². The molecule has 62 valence electrons. The van der Waals surface area contributed by atoms with Crippen molar-refractivity contribution in [3.63, 3.8) is 0 Å². The molecular formula is C9H15NO. The second-order valence-electron chi connectivity index (χ2n) is 3.71. The van der Waals surface area contributed by atoms with E-state index in [-0.39, 0.29) is 0 Å². The van der Waals surface area contributed by atoms with E-state index in [0.29, 0.717) is 17.9 Å². The first kappa shape index (κ1) is 7.14. The first-order valence-electron chi connectivity index (χ1n) is 4.68. The molecule has 1 saturated heterocycles. The summed E-state index contributed by atoms with van der Waals surface area (Å²) >= 11 is 0. The lowest BCUT2D eigenvalue weighted by molar-refractivity contribution is -0.135. The number of carbonyl (C=O) groups excluding carboxylic acids is 1. The molecule has 0 aromatic carbocycles. The Morgan fingerprint density at radius 2 is 1.82 bits per heavy atom. The molecule has 11 heavy (non-hydrogen) atoms. The zero-order valence-electron chi connectivity index (χ0n) is 6.81. The van der Waals surface area contributed by atoms with Gasteiger partial charge in [-0.15, -0.1) is 0 Å². The van der Waals surface area contributed by atoms with Crippen LogP contribution in [0.2, 0.25) is 0 Å². The number of fused-ring (bicyclic) bond motifs is 1. The Balaban J connectivity index is 1.92. The van der Waals surface area contributed by atoms with Crippen LogP contribution in [0.4, 0.5) is 0 Å². The Morgan fingerprint density at radius 3 is 2.55 bits per heavy atom. The van der Waals surface area contributed by atoms with E-state index in [0.717, 1.165) is 6.42 Å². The molecule has 0 aromatic rings. The van der Waals surface area contributed by atoms with Gasteiger partial charge in [-0.1, -0.05) is 25.7 Å². The normalized spacial score (nSPS) is 37.6. The SMILES string of the molecule is O=C1N[C@H]2CCCCCC[C@H]12. The molecule has 2 rings (SSSR count). The zero-order chi connectivity index (χ0) is 7.68. The summed E-state index contributed by atoms with van der Waals surface area (Å²) in [6.07, 6.45) is 7.61. The maximum atomic E-state index is 11.0. The quantitative estimate of drug-likeness (QED) is 0.524. The summed E-state index contributed by atoms with van der Waals surface area (Å²) in [5.41, 5.74) is 0. The largest absolute Gasteiger partial charge is 0.352 e. The smallest absolute Gasteiger partial charge is 0.225 e. The number of rotatable bonds is 0. The monoisotopic (exact) mass is 153 g/mol. The van der Waals surface area contributed by atoms with Crippen molar-refractivity contribution in [3.8, 4) is 0 Å². The lowest BCUT2D eigenvalue weighted by atomic mass is 9.81. The first-order valence-corrected chi connectivity index (χ1v) is 4.68. The summed E-state index contributed by atoms with van der Waals surface area (Å²) in [7, 11) is 0. The molecule has 0 radical (unpaired) electrons. The summed E-state index contributed by atoms with van der Waals surface area (Å²) in [6, 6.07) is 0.544. The van der Waals surface area contributed by atoms with Gasteiger partial charge in [-0.2, -0.15) is 0 Å². The minimum Gasteiger partial charge on any atom is -0.352 e. The number of amides is 1. The highest BCUT2D eigenvalue weighted by Gasteiger charge is 2.38. The standard InChI is InChI=1S/C9H15NO/c11-9-7-5-3-1-2-4-6-8(7)10-9/h7-8H,1-6H2,(H,10,11)/t7-,8-/m0/s1. The highest BCUT2D eigenvalue weighted by Crippen LogP contribution is 2.28. The van der Waals surface area contributed by atoms with E-state index in [1.807, 2.05) is 0 Å². The zero-order valence-corrected chi connectivity index (χ0v) is 6.81. The van der Waals surface area contributed by atoms with Crippen LogP contribution in [0.5, 0.6) is 0 Å². The van der Waals surface area contributed by atoms with Crippen molar-refractivity contribution in [2.75, 3.05) is 0 Å². The molecule has 1 N–H and O–H groups in total. The van der Waals surface area contributed by atoms with Crippen molar-refractivity contribution in [3.05, 3.63) is 0 Å². The van der Waals surface area contributed by atoms with Crippen LogP contribution in [-0.4, -0.2) is 11.9 Å². The van der Waals surface area contributed by atoms with Crippen molar-refractivity contribution in [2.24, 2.45) is 5.92 Å². The maximum Gasteiger partial charge on any atom is 0.225 e. The number of carbonyl (C=O) groups is 1. The average molecular weight is 153 g/mol. The number of hydrogen-bond donors (Lipinski definition) is 1. The molecule has 0 unspecified atom stereocenters. The summed E-state index contributed by atoms with van der Waals surface area (Å²) in [5, 5.41) is 2.97. The van der Waals surface area contributed by atoms with Crippen LogP contribution in [-0.2, 0) is 4.79 Å². The van der Waals surface area contributed by atoms with E-state index in [1.54, 1.807) is 0 Å². The van der Waals surface area contributed by atoms with Crippen molar-refractivity contribution >= 4 is 5.91 Å². The third-order valence-electron chi connectivity index (χ3n) is 2.93. The van der Waals surface area contributed by atoms with Crippen molar-refractivity contribution in [1.29, 1.82) is 0 Å². The van der Waals surface area contributed by atoms with Crippen molar-refractivity contribution < 1.29 is 4.79 Å². The van der Waals surface area contributed by atoms with E-state index in [1.165, 1.54) is 32.1 Å². The molecule has 2 aliphatic rings. The van der Waals surface area contributed by atoms with Gasteiger partial charge in [0, 0.05) is 6.04 Å². The lowest BCUT2D eigenvalue weighted by Crippen LogP contribution is -2.58. The Bertz CT molecular complexity index is 167. The highest BCUT2D eigenvalue weighted by molar-refractivity contribution is 5.85. The van der Waals surface area contributed by atoms with Gasteiger partial charge in [0.25, 0.3) is 0 Å². The fourth-order valence-electron chi connectivity index (χ4n) is 2.16. The minimum absolute atomic E-state index is 0.303. The molecule has 1 amide bonds. The van der Waals surface area contributed by atoms with Crippen LogP contribution >= 0.6 is 0 Å². The van der Waals surface area contributed by atoms with Gasteiger partial charge >= 0.3 is 0 Å². The topological polar surface area (TPSA) is 29.1 Å². The van der Waals surface area contributed by atoms with Crippen LogP contribution in [0.1, 0.15) is 38.5 Å². The predicted octanol–water partition coefficient (Wildman–Crippen LogP) is 1.46. The minimum atomic E-state index is 0.303. The van der Waals surface area contributed by atoms with E-state index in [9.17, 15) is 4.79 Å². The Morgan fingerprint density at radius 1 is 1.09 bits per heavy atom. The van der Waals surface area contributed by atoms with Gasteiger partial charge in [0.05, 0.1) is 5.92 Å². The Hall–Kier alpha value is -0.530. The molecule has 1 saturated carbocycles. The Labute approximate surface area is 67.4 Å². The summed E-state index contributed by atoms with van der Waals surface area (Å²) in [4.78, 5) is 11.0. The fraction of sp³-hybridized carbons (Fsp3) is 0.889. The van der Waals surface area contributed by atoms with Gasteiger partial charge in [-0.3, -0.25) is 4.79 Å². The molecule has 0 bridgehead atoms. The molecule has 2 nitrogen and oxygen atoms in total. The molecule has 0 aromatic heterocycles. The fourth-order valence-corrected chi connectivity index (χ4v) is 2.16. The van der Waals surface area contributed by atoms with Gasteiger partial charge in [-0.25, -0.2) is 0 Å². The Kier molecular flexibility index (Phi) is 1.84. The number of β-lactam (4-membered cyclic amide) rings is 1. The van der Waals surface area contributed by atoms with E-state index in [2.05, 4.69) is 5.32 Å². The van der Waals surface area contributed by atoms with Crippen LogP contribution < -0.4 is 5.32 Å². The van der Waals surface area contributed by atoms with Crippen LogP contribution in [0, 0.1) is 5.92 Å². The van der Waals surface area contributed by atoms with E-state index >= 15 is 0 Å². The third-order valence-corrected chi connectivity index (χ3v) is 2.93. The van der Waals surface area contributed by atoms with Crippen molar-refractivity contribution in [1.82, 2.24) is 5.32 Å². The average Bonchev–Trinajstić information content (AvgIpc) is 1.96. The first-order chi connectivity index (χ1) is 5.38. The molecule has 2 heteroatoms. The van der Waals surface area contributed by atoms with Gasteiger partial charge in [-0.05, 0) is 12.8 Å². The second kappa shape index (κ2) is 2.84. The lowest BCUT2D eigenvalue weighted by Gasteiger charge is -2.38. The molecule has 1 aliphatic heterocycles. The summed E-state index contributed by atoms with van der Waals surface area (Å²) in [5.74, 6) is 0.687.